The topological polar surface area (TPSA) is 49.4 Å². The minimum atomic E-state index is -0.395. The molecular formula is C28H27ClN2O2. The van der Waals surface area contributed by atoms with E-state index in [4.69, 9.17) is 11.6 Å². The van der Waals surface area contributed by atoms with E-state index in [9.17, 15) is 9.59 Å². The van der Waals surface area contributed by atoms with Crippen LogP contribution >= 0.6 is 11.6 Å². The summed E-state index contributed by atoms with van der Waals surface area (Å²) in [5.41, 5.74) is 6.53. The molecule has 0 fully saturated rings. The van der Waals surface area contributed by atoms with Gasteiger partial charge in [-0.2, -0.15) is 0 Å². The lowest BCUT2D eigenvalue weighted by Gasteiger charge is -2.18. The van der Waals surface area contributed by atoms with Gasteiger partial charge in [0.05, 0.1) is 11.3 Å². The Morgan fingerprint density at radius 3 is 2.21 bits per heavy atom. The second-order valence-corrected chi connectivity index (χ2v) is 9.21. The molecule has 0 aromatic heterocycles. The van der Waals surface area contributed by atoms with Crippen molar-refractivity contribution in [1.82, 2.24) is 0 Å². The Balaban J connectivity index is 1.85. The van der Waals surface area contributed by atoms with E-state index in [0.717, 1.165) is 22.4 Å². The SMILES string of the molecule is Cc1ccc(C2=C(Nc3ccc(C(C)C)cc3)C(=O)N(c3cccc(Cl)c3C)C2=O)c(C)c1. The van der Waals surface area contributed by atoms with Gasteiger partial charge in [-0.15, -0.1) is 0 Å². The van der Waals surface area contributed by atoms with Gasteiger partial charge in [-0.25, -0.2) is 4.90 Å². The molecule has 168 valence electrons. The standard InChI is InChI=1S/C28H27ClN2O2/c1-16(2)20-10-12-21(13-11-20)30-26-25(22-14-9-17(3)15-18(22)4)27(32)31(28(26)33)24-8-6-7-23(29)19(24)5/h6-16,30H,1-5H3. The van der Waals surface area contributed by atoms with E-state index < -0.39 is 5.91 Å². The van der Waals surface area contributed by atoms with Crippen LogP contribution in [0.1, 0.15) is 47.6 Å². The van der Waals surface area contributed by atoms with Gasteiger partial charge in [0, 0.05) is 10.7 Å². The number of anilines is 2. The highest BCUT2D eigenvalue weighted by atomic mass is 35.5. The molecule has 0 aliphatic carbocycles. The quantitative estimate of drug-likeness (QED) is 0.428. The summed E-state index contributed by atoms with van der Waals surface area (Å²) in [5.74, 6) is -0.355. The first kappa shape index (κ1) is 22.8. The Labute approximate surface area is 199 Å². The van der Waals surface area contributed by atoms with Gasteiger partial charge in [0.25, 0.3) is 11.8 Å². The first-order chi connectivity index (χ1) is 15.7. The van der Waals surface area contributed by atoms with E-state index in [2.05, 4.69) is 19.2 Å². The van der Waals surface area contributed by atoms with Crippen molar-refractivity contribution in [3.63, 3.8) is 0 Å². The minimum Gasteiger partial charge on any atom is -0.350 e. The van der Waals surface area contributed by atoms with Gasteiger partial charge < -0.3 is 5.32 Å². The Morgan fingerprint density at radius 1 is 0.879 bits per heavy atom. The van der Waals surface area contributed by atoms with Crippen LogP contribution in [0.25, 0.3) is 5.57 Å². The Morgan fingerprint density at radius 2 is 1.58 bits per heavy atom. The monoisotopic (exact) mass is 458 g/mol. The van der Waals surface area contributed by atoms with Crippen molar-refractivity contribution in [2.24, 2.45) is 0 Å². The average molecular weight is 459 g/mol. The van der Waals surface area contributed by atoms with Crippen molar-refractivity contribution < 1.29 is 9.59 Å². The zero-order chi connectivity index (χ0) is 23.9. The van der Waals surface area contributed by atoms with Crippen LogP contribution in [-0.4, -0.2) is 11.8 Å². The molecule has 3 aromatic rings. The van der Waals surface area contributed by atoms with Crippen LogP contribution in [0, 0.1) is 20.8 Å². The summed E-state index contributed by atoms with van der Waals surface area (Å²) < 4.78 is 0. The number of hydrogen-bond acceptors (Lipinski definition) is 3. The van der Waals surface area contributed by atoms with Crippen LogP contribution in [-0.2, 0) is 9.59 Å². The van der Waals surface area contributed by atoms with Gasteiger partial charge in [0.2, 0.25) is 0 Å². The van der Waals surface area contributed by atoms with Crippen LogP contribution < -0.4 is 10.2 Å². The number of carbonyl (C=O) groups excluding carboxylic acids is 2. The maximum atomic E-state index is 13.7. The van der Waals surface area contributed by atoms with Crippen LogP contribution in [0.3, 0.4) is 0 Å². The van der Waals surface area contributed by atoms with E-state index in [0.29, 0.717) is 27.8 Å². The summed E-state index contributed by atoms with van der Waals surface area (Å²) in [5, 5.41) is 3.75. The lowest BCUT2D eigenvalue weighted by Crippen LogP contribution is -2.33. The van der Waals surface area contributed by atoms with Gasteiger partial charge in [-0.1, -0.05) is 67.4 Å². The van der Waals surface area contributed by atoms with E-state index in [1.807, 2.05) is 63.2 Å². The molecule has 5 heteroatoms. The van der Waals surface area contributed by atoms with Crippen molar-refractivity contribution in [2.45, 2.75) is 40.5 Å². The molecule has 0 saturated carbocycles. The summed E-state index contributed by atoms with van der Waals surface area (Å²) in [6, 6.07) is 19.1. The average Bonchev–Trinajstić information content (AvgIpc) is 3.00. The highest BCUT2D eigenvalue weighted by Crippen LogP contribution is 2.37. The van der Waals surface area contributed by atoms with Gasteiger partial charge >= 0.3 is 0 Å². The largest absolute Gasteiger partial charge is 0.350 e. The number of nitrogens with zero attached hydrogens (tertiary/aromatic N) is 1. The van der Waals surface area contributed by atoms with Crippen molar-refractivity contribution >= 4 is 40.4 Å². The second-order valence-electron chi connectivity index (χ2n) is 8.80. The van der Waals surface area contributed by atoms with Crippen LogP contribution in [0.5, 0.6) is 0 Å². The summed E-state index contributed by atoms with van der Waals surface area (Å²) >= 11 is 6.31. The van der Waals surface area contributed by atoms with E-state index in [1.165, 1.54) is 10.5 Å². The molecule has 0 radical (unpaired) electrons. The summed E-state index contributed by atoms with van der Waals surface area (Å²) in [4.78, 5) is 28.6. The smallest absolute Gasteiger partial charge is 0.282 e. The molecule has 4 nitrogen and oxygen atoms in total. The van der Waals surface area contributed by atoms with Crippen molar-refractivity contribution in [3.8, 4) is 0 Å². The molecule has 1 aliphatic heterocycles. The Hall–Kier alpha value is -3.37. The van der Waals surface area contributed by atoms with Gasteiger partial charge in [-0.05, 0) is 73.2 Å². The maximum Gasteiger partial charge on any atom is 0.282 e. The van der Waals surface area contributed by atoms with Crippen LogP contribution in [0.2, 0.25) is 5.02 Å². The van der Waals surface area contributed by atoms with Crippen molar-refractivity contribution in [3.05, 3.63) is 99.2 Å². The molecule has 1 aliphatic rings. The molecule has 0 atom stereocenters. The maximum absolute atomic E-state index is 13.7. The predicted octanol–water partition coefficient (Wildman–Crippen LogP) is 6.79. The highest BCUT2D eigenvalue weighted by Gasteiger charge is 2.41. The highest BCUT2D eigenvalue weighted by molar-refractivity contribution is 6.46. The molecule has 1 heterocycles. The summed E-state index contributed by atoms with van der Waals surface area (Å²) in [6.45, 7) is 10.0. The number of benzene rings is 3. The molecule has 0 saturated heterocycles. The number of nitrogens with one attached hydrogen (secondary N) is 1. The summed E-state index contributed by atoms with van der Waals surface area (Å²) in [6.07, 6.45) is 0. The number of amides is 2. The summed E-state index contributed by atoms with van der Waals surface area (Å²) in [7, 11) is 0. The number of halogens is 1. The number of rotatable bonds is 5. The van der Waals surface area contributed by atoms with E-state index >= 15 is 0 Å². The van der Waals surface area contributed by atoms with Crippen molar-refractivity contribution in [2.75, 3.05) is 10.2 Å². The van der Waals surface area contributed by atoms with Crippen LogP contribution in [0.15, 0.2) is 66.4 Å². The molecule has 3 aromatic carbocycles. The predicted molar refractivity (Wildman–Crippen MR) is 136 cm³/mol. The zero-order valence-corrected chi connectivity index (χ0v) is 20.2. The molecule has 2 amide bonds. The van der Waals surface area contributed by atoms with Crippen LogP contribution in [0.4, 0.5) is 11.4 Å². The van der Waals surface area contributed by atoms with Gasteiger partial charge in [0.1, 0.15) is 5.70 Å². The molecule has 1 N–H and O–H groups in total. The van der Waals surface area contributed by atoms with Gasteiger partial charge in [0.15, 0.2) is 0 Å². The van der Waals surface area contributed by atoms with Crippen molar-refractivity contribution in [1.29, 1.82) is 0 Å². The van der Waals surface area contributed by atoms with E-state index in [-0.39, 0.29) is 11.6 Å². The number of aryl methyl sites for hydroxylation is 2. The third kappa shape index (κ3) is 4.19. The zero-order valence-electron chi connectivity index (χ0n) is 19.5. The molecule has 0 unspecified atom stereocenters. The molecule has 0 bridgehead atoms. The minimum absolute atomic E-state index is 0.267. The fourth-order valence-corrected chi connectivity index (χ4v) is 4.31. The molecular weight excluding hydrogens is 432 g/mol. The lowest BCUT2D eigenvalue weighted by atomic mass is 9.97. The Bertz CT molecular complexity index is 1290. The number of hydrogen-bond donors (Lipinski definition) is 1. The molecule has 33 heavy (non-hydrogen) atoms. The fraction of sp³-hybridized carbons (Fsp3) is 0.214. The first-order valence-corrected chi connectivity index (χ1v) is 11.4. The second kappa shape index (κ2) is 8.87. The molecule has 4 rings (SSSR count). The van der Waals surface area contributed by atoms with Gasteiger partial charge in [-0.3, -0.25) is 9.59 Å². The van der Waals surface area contributed by atoms with E-state index in [1.54, 1.807) is 18.2 Å². The number of carbonyl (C=O) groups is 2. The normalized spacial score (nSPS) is 14.0. The first-order valence-electron chi connectivity index (χ1n) is 11.0. The number of imide groups is 1. The third-order valence-corrected chi connectivity index (χ3v) is 6.47. The Kier molecular flexibility index (Phi) is 6.13. The lowest BCUT2D eigenvalue weighted by molar-refractivity contribution is -0.120. The molecule has 0 spiro atoms. The fourth-order valence-electron chi connectivity index (χ4n) is 4.14. The third-order valence-electron chi connectivity index (χ3n) is 6.06.